The summed E-state index contributed by atoms with van der Waals surface area (Å²) >= 11 is 0. The monoisotopic (exact) mass is 284 g/mol. The average Bonchev–Trinajstić information content (AvgIpc) is 2.96. The minimum atomic E-state index is 0.170. The highest BCUT2D eigenvalue weighted by atomic mass is 16.5. The van der Waals surface area contributed by atoms with Gasteiger partial charge in [-0.1, -0.05) is 0 Å². The van der Waals surface area contributed by atoms with Crippen LogP contribution in [0, 0.1) is 0 Å². The van der Waals surface area contributed by atoms with E-state index in [9.17, 15) is 4.79 Å². The van der Waals surface area contributed by atoms with Crippen molar-refractivity contribution in [3.05, 3.63) is 0 Å². The average molecular weight is 284 g/mol. The highest BCUT2D eigenvalue weighted by Crippen LogP contribution is 2.15. The number of amides is 1. The van der Waals surface area contributed by atoms with Crippen molar-refractivity contribution < 1.29 is 14.3 Å². The Labute approximate surface area is 122 Å². The van der Waals surface area contributed by atoms with Gasteiger partial charge in [0.2, 0.25) is 5.91 Å². The second-order valence-electron chi connectivity index (χ2n) is 5.91. The minimum Gasteiger partial charge on any atom is -0.377 e. The van der Waals surface area contributed by atoms with E-state index in [-0.39, 0.29) is 5.91 Å². The summed E-state index contributed by atoms with van der Waals surface area (Å²) in [6.07, 6.45) is 4.78. The van der Waals surface area contributed by atoms with Gasteiger partial charge in [0.1, 0.15) is 0 Å². The third-order valence-electron chi connectivity index (χ3n) is 4.48. The van der Waals surface area contributed by atoms with Gasteiger partial charge in [0, 0.05) is 46.3 Å². The number of rotatable bonds is 6. The summed E-state index contributed by atoms with van der Waals surface area (Å²) in [5, 5.41) is 0. The summed E-state index contributed by atoms with van der Waals surface area (Å²) in [6, 6.07) is 0.413. The van der Waals surface area contributed by atoms with Crippen molar-refractivity contribution in [2.24, 2.45) is 0 Å². The molecule has 0 aliphatic carbocycles. The van der Waals surface area contributed by atoms with Crippen LogP contribution in [0.4, 0.5) is 0 Å². The van der Waals surface area contributed by atoms with Crippen LogP contribution >= 0.6 is 0 Å². The summed E-state index contributed by atoms with van der Waals surface area (Å²) in [7, 11) is 1.91. The molecule has 1 unspecified atom stereocenters. The molecular formula is C15H28N2O3. The molecular weight excluding hydrogens is 256 g/mol. The van der Waals surface area contributed by atoms with Gasteiger partial charge >= 0.3 is 0 Å². The van der Waals surface area contributed by atoms with Crippen molar-refractivity contribution >= 4 is 5.91 Å². The first-order chi connectivity index (χ1) is 9.66. The number of nitrogens with zero attached hydrogens (tertiary/aromatic N) is 2. The molecule has 5 heteroatoms. The molecule has 1 atom stereocenters. The zero-order chi connectivity index (χ0) is 14.4. The molecule has 0 spiro atoms. The molecule has 2 rings (SSSR count). The van der Waals surface area contributed by atoms with Crippen LogP contribution in [0.5, 0.6) is 0 Å². The summed E-state index contributed by atoms with van der Waals surface area (Å²) < 4.78 is 11.2. The van der Waals surface area contributed by atoms with Gasteiger partial charge < -0.3 is 19.3 Å². The molecule has 0 aromatic heterocycles. The van der Waals surface area contributed by atoms with E-state index < -0.39 is 0 Å². The zero-order valence-electron chi connectivity index (χ0n) is 12.8. The molecule has 20 heavy (non-hydrogen) atoms. The van der Waals surface area contributed by atoms with Crippen molar-refractivity contribution in [1.82, 2.24) is 9.80 Å². The molecule has 116 valence electrons. The first-order valence-corrected chi connectivity index (χ1v) is 7.82. The molecule has 2 saturated heterocycles. The van der Waals surface area contributed by atoms with Crippen LogP contribution in [0.25, 0.3) is 0 Å². The van der Waals surface area contributed by atoms with E-state index in [1.54, 1.807) is 6.92 Å². The summed E-state index contributed by atoms with van der Waals surface area (Å²) in [4.78, 5) is 15.7. The Bertz CT molecular complexity index is 297. The largest absolute Gasteiger partial charge is 0.377 e. The number of hydrogen-bond donors (Lipinski definition) is 0. The lowest BCUT2D eigenvalue weighted by molar-refractivity contribution is -0.130. The van der Waals surface area contributed by atoms with Gasteiger partial charge in [0.25, 0.3) is 0 Å². The van der Waals surface area contributed by atoms with E-state index in [1.807, 2.05) is 11.9 Å². The minimum absolute atomic E-state index is 0.170. The highest BCUT2D eigenvalue weighted by Gasteiger charge is 2.23. The zero-order valence-corrected chi connectivity index (χ0v) is 12.8. The molecule has 2 aliphatic rings. The number of carbonyl (C=O) groups is 1. The first kappa shape index (κ1) is 15.7. The standard InChI is InChI=1S/C15H28N2O3/c1-13(18)16(2)14-5-7-17(8-6-14)9-11-19-12-15-4-3-10-20-15/h14-15H,3-12H2,1-2H3. The smallest absolute Gasteiger partial charge is 0.219 e. The van der Waals surface area contributed by atoms with Crippen molar-refractivity contribution in [3.8, 4) is 0 Å². The van der Waals surface area contributed by atoms with Gasteiger partial charge in [-0.05, 0) is 25.7 Å². The molecule has 0 saturated carbocycles. The third kappa shape index (κ3) is 4.72. The Morgan fingerprint density at radius 2 is 2.10 bits per heavy atom. The Balaban J connectivity index is 1.54. The second kappa shape index (κ2) is 7.96. The first-order valence-electron chi connectivity index (χ1n) is 7.82. The molecule has 2 fully saturated rings. The normalized spacial score (nSPS) is 25.0. The maximum atomic E-state index is 11.3. The quantitative estimate of drug-likeness (QED) is 0.686. The van der Waals surface area contributed by atoms with Crippen LogP contribution in [-0.4, -0.2) is 74.4 Å². The van der Waals surface area contributed by atoms with Gasteiger partial charge in [-0.25, -0.2) is 0 Å². The molecule has 2 aliphatic heterocycles. The van der Waals surface area contributed by atoms with Crippen LogP contribution in [0.1, 0.15) is 32.6 Å². The molecule has 2 heterocycles. The predicted octanol–water partition coefficient (Wildman–Crippen LogP) is 1.12. The fourth-order valence-corrected chi connectivity index (χ4v) is 2.97. The molecule has 0 aromatic carbocycles. The Hall–Kier alpha value is -0.650. The lowest BCUT2D eigenvalue weighted by atomic mass is 10.0. The topological polar surface area (TPSA) is 42.0 Å². The van der Waals surface area contributed by atoms with Crippen molar-refractivity contribution in [1.29, 1.82) is 0 Å². The maximum Gasteiger partial charge on any atom is 0.219 e. The number of ether oxygens (including phenoxy) is 2. The van der Waals surface area contributed by atoms with Crippen molar-refractivity contribution in [3.63, 3.8) is 0 Å². The van der Waals surface area contributed by atoms with Crippen molar-refractivity contribution in [2.45, 2.75) is 44.8 Å². The lowest BCUT2D eigenvalue weighted by Crippen LogP contribution is -2.45. The number of likely N-dealkylation sites (tertiary alicyclic amines) is 1. The van der Waals surface area contributed by atoms with E-state index in [1.165, 1.54) is 6.42 Å². The third-order valence-corrected chi connectivity index (χ3v) is 4.48. The fraction of sp³-hybridized carbons (Fsp3) is 0.933. The van der Waals surface area contributed by atoms with Crippen LogP contribution < -0.4 is 0 Å². The molecule has 0 N–H and O–H groups in total. The van der Waals surface area contributed by atoms with E-state index in [4.69, 9.17) is 9.47 Å². The van der Waals surface area contributed by atoms with Crippen LogP contribution in [0.3, 0.4) is 0 Å². The van der Waals surface area contributed by atoms with E-state index in [0.29, 0.717) is 12.1 Å². The summed E-state index contributed by atoms with van der Waals surface area (Å²) in [5.41, 5.74) is 0. The molecule has 0 radical (unpaired) electrons. The summed E-state index contributed by atoms with van der Waals surface area (Å²) in [6.45, 7) is 7.17. The van der Waals surface area contributed by atoms with Crippen LogP contribution in [-0.2, 0) is 14.3 Å². The van der Waals surface area contributed by atoms with Crippen LogP contribution in [0.15, 0.2) is 0 Å². The van der Waals surface area contributed by atoms with Crippen LogP contribution in [0.2, 0.25) is 0 Å². The maximum absolute atomic E-state index is 11.3. The second-order valence-corrected chi connectivity index (χ2v) is 5.91. The number of hydrogen-bond acceptors (Lipinski definition) is 4. The van der Waals surface area contributed by atoms with Gasteiger partial charge in [-0.2, -0.15) is 0 Å². The predicted molar refractivity (Wildman–Crippen MR) is 77.7 cm³/mol. The Morgan fingerprint density at radius 1 is 1.35 bits per heavy atom. The Morgan fingerprint density at radius 3 is 2.70 bits per heavy atom. The van der Waals surface area contributed by atoms with Gasteiger partial charge in [0.15, 0.2) is 0 Å². The SMILES string of the molecule is CC(=O)N(C)C1CCN(CCOCC2CCCO2)CC1. The Kier molecular flexibility index (Phi) is 6.26. The van der Waals surface area contributed by atoms with Gasteiger partial charge in [0.05, 0.1) is 19.3 Å². The molecule has 5 nitrogen and oxygen atoms in total. The van der Waals surface area contributed by atoms with E-state index >= 15 is 0 Å². The van der Waals surface area contributed by atoms with Crippen molar-refractivity contribution in [2.75, 3.05) is 46.5 Å². The number of piperidine rings is 1. The fourth-order valence-electron chi connectivity index (χ4n) is 2.97. The van der Waals surface area contributed by atoms with E-state index in [0.717, 1.165) is 58.7 Å². The summed E-state index contributed by atoms with van der Waals surface area (Å²) in [5.74, 6) is 0.170. The number of carbonyl (C=O) groups excluding carboxylic acids is 1. The lowest BCUT2D eigenvalue weighted by Gasteiger charge is -2.36. The molecule has 1 amide bonds. The highest BCUT2D eigenvalue weighted by molar-refractivity contribution is 5.73. The molecule has 0 bridgehead atoms. The van der Waals surface area contributed by atoms with E-state index in [2.05, 4.69) is 4.90 Å². The van der Waals surface area contributed by atoms with Gasteiger partial charge in [-0.15, -0.1) is 0 Å². The molecule has 0 aromatic rings. The van der Waals surface area contributed by atoms with Gasteiger partial charge in [-0.3, -0.25) is 4.79 Å².